The van der Waals surface area contributed by atoms with Crippen LogP contribution in [-0.4, -0.2) is 46.5 Å². The number of benzene rings is 1. The van der Waals surface area contributed by atoms with Gasteiger partial charge in [-0.25, -0.2) is 0 Å². The summed E-state index contributed by atoms with van der Waals surface area (Å²) in [5, 5.41) is 0. The fourth-order valence-corrected chi connectivity index (χ4v) is 3.25. The van der Waals surface area contributed by atoms with Gasteiger partial charge < -0.3 is 3.53 Å². The fraction of sp³-hybridized carbons (Fsp3) is 0.286. The number of nitrogens with one attached hydrogen (secondary N) is 1. The molecule has 114 valence electrons. The van der Waals surface area contributed by atoms with Crippen LogP contribution in [0.3, 0.4) is 0 Å². The molecule has 1 unspecified atom stereocenters. The molecule has 0 saturated carbocycles. The van der Waals surface area contributed by atoms with Crippen LogP contribution in [0.1, 0.15) is 33.6 Å². The predicted molar refractivity (Wildman–Crippen MR) is 85.4 cm³/mol. The topological polar surface area (TPSA) is 86.8 Å². The molecule has 4 amide bonds. The lowest BCUT2D eigenvalue weighted by Crippen LogP contribution is -2.54. The minimum absolute atomic E-state index is 0.137. The number of likely N-dealkylation sites (tertiary alicyclic amines) is 1. The number of anilines is 1. The van der Waals surface area contributed by atoms with Crippen LogP contribution in [0.4, 0.5) is 5.69 Å². The number of hydrogen-bond acceptors (Lipinski definition) is 5. The molecule has 0 bridgehead atoms. The highest BCUT2D eigenvalue weighted by Crippen LogP contribution is 2.33. The van der Waals surface area contributed by atoms with Crippen molar-refractivity contribution in [1.82, 2.24) is 9.80 Å². The molecule has 22 heavy (non-hydrogen) atoms. The summed E-state index contributed by atoms with van der Waals surface area (Å²) in [7, 11) is 1.37. The van der Waals surface area contributed by atoms with E-state index in [2.05, 4.69) is 3.53 Å². The third-order valence-electron chi connectivity index (χ3n) is 3.98. The molecule has 0 aliphatic carbocycles. The molecule has 2 heterocycles. The Labute approximate surface area is 140 Å². The van der Waals surface area contributed by atoms with Crippen LogP contribution in [0.25, 0.3) is 0 Å². The van der Waals surface area contributed by atoms with E-state index in [1.807, 2.05) is 22.9 Å². The zero-order chi connectivity index (χ0) is 16.0. The van der Waals surface area contributed by atoms with Crippen molar-refractivity contribution in [2.45, 2.75) is 18.9 Å². The van der Waals surface area contributed by atoms with E-state index < -0.39 is 23.8 Å². The average Bonchev–Trinajstić information content (AvgIpc) is 2.77. The minimum Gasteiger partial charge on any atom is -0.328 e. The van der Waals surface area contributed by atoms with Crippen molar-refractivity contribution in [3.8, 4) is 0 Å². The van der Waals surface area contributed by atoms with Crippen LogP contribution in [0.5, 0.6) is 0 Å². The number of carbonyl (C=O) groups excluding carboxylic acids is 4. The largest absolute Gasteiger partial charge is 0.328 e. The molecule has 8 heteroatoms. The number of carbonyl (C=O) groups is 4. The molecule has 2 aliphatic rings. The molecule has 0 spiro atoms. The number of halogens is 1. The van der Waals surface area contributed by atoms with Gasteiger partial charge in [0.15, 0.2) is 0 Å². The summed E-state index contributed by atoms with van der Waals surface area (Å²) in [6, 6.07) is 4.01. The van der Waals surface area contributed by atoms with Gasteiger partial charge in [-0.1, -0.05) is 6.07 Å². The molecular formula is C14H12IN3O4. The normalized spacial score (nSPS) is 21.5. The van der Waals surface area contributed by atoms with Crippen molar-refractivity contribution in [2.75, 3.05) is 10.6 Å². The summed E-state index contributed by atoms with van der Waals surface area (Å²) in [6.07, 6.45) is 0.304. The highest BCUT2D eigenvalue weighted by atomic mass is 127. The van der Waals surface area contributed by atoms with Gasteiger partial charge in [0.1, 0.15) is 6.04 Å². The number of nitrogens with zero attached hydrogens (tertiary/aromatic N) is 2. The fourth-order valence-electron chi connectivity index (χ4n) is 2.80. The second-order valence-electron chi connectivity index (χ2n) is 5.15. The number of rotatable bonds is 2. The summed E-state index contributed by atoms with van der Waals surface area (Å²) in [4.78, 5) is 50.9. The van der Waals surface area contributed by atoms with Gasteiger partial charge >= 0.3 is 0 Å². The van der Waals surface area contributed by atoms with Crippen LogP contribution < -0.4 is 3.53 Å². The van der Waals surface area contributed by atoms with E-state index >= 15 is 0 Å². The Morgan fingerprint density at radius 2 is 1.91 bits per heavy atom. The molecular weight excluding hydrogens is 401 g/mol. The van der Waals surface area contributed by atoms with Gasteiger partial charge in [0.25, 0.3) is 17.7 Å². The Hall–Kier alpha value is -1.97. The first kappa shape index (κ1) is 14.9. The maximum Gasteiger partial charge on any atom is 0.264 e. The summed E-state index contributed by atoms with van der Waals surface area (Å²) >= 11 is 1.88. The van der Waals surface area contributed by atoms with Gasteiger partial charge in [-0.3, -0.25) is 29.0 Å². The number of piperidine rings is 1. The van der Waals surface area contributed by atoms with Crippen LogP contribution in [-0.2, 0) is 9.59 Å². The standard InChI is InChI=1S/C14H12IN3O4/c1-17-10(19)6-5-9(13(17)21)18-12(20)7-3-2-4-8(16-15)11(7)14(18)22/h2-4,9,16H,5-6H2,1H3. The smallest absolute Gasteiger partial charge is 0.264 e. The third-order valence-corrected chi connectivity index (χ3v) is 4.56. The molecule has 0 aromatic heterocycles. The Morgan fingerprint density at radius 3 is 2.59 bits per heavy atom. The summed E-state index contributed by atoms with van der Waals surface area (Å²) in [5.74, 6) is -1.81. The molecule has 1 N–H and O–H groups in total. The second-order valence-corrected chi connectivity index (χ2v) is 5.69. The second kappa shape index (κ2) is 5.34. The zero-order valence-corrected chi connectivity index (χ0v) is 13.8. The lowest BCUT2D eigenvalue weighted by molar-refractivity contribution is -0.149. The van der Waals surface area contributed by atoms with Crippen molar-refractivity contribution < 1.29 is 19.2 Å². The van der Waals surface area contributed by atoms with E-state index in [4.69, 9.17) is 0 Å². The molecule has 1 fully saturated rings. The van der Waals surface area contributed by atoms with Gasteiger partial charge in [-0.15, -0.1) is 0 Å². The van der Waals surface area contributed by atoms with Gasteiger partial charge in [0, 0.05) is 13.5 Å². The van der Waals surface area contributed by atoms with Crippen molar-refractivity contribution >= 4 is 52.2 Å². The number of imide groups is 2. The number of likely N-dealkylation sites (N-methyl/N-ethyl adjacent to an activating group) is 1. The van der Waals surface area contributed by atoms with Gasteiger partial charge in [0.2, 0.25) is 5.91 Å². The van der Waals surface area contributed by atoms with E-state index in [-0.39, 0.29) is 29.9 Å². The Balaban J connectivity index is 2.01. The Morgan fingerprint density at radius 1 is 1.18 bits per heavy atom. The van der Waals surface area contributed by atoms with E-state index in [9.17, 15) is 19.2 Å². The Kier molecular flexibility index (Phi) is 3.63. The van der Waals surface area contributed by atoms with Crippen LogP contribution in [0, 0.1) is 0 Å². The van der Waals surface area contributed by atoms with Crippen molar-refractivity contribution in [3.63, 3.8) is 0 Å². The van der Waals surface area contributed by atoms with Gasteiger partial charge in [-0.05, 0) is 18.6 Å². The van der Waals surface area contributed by atoms with Gasteiger partial charge in [-0.2, -0.15) is 0 Å². The van der Waals surface area contributed by atoms with Crippen molar-refractivity contribution in [2.24, 2.45) is 0 Å². The molecule has 1 aromatic rings. The SMILES string of the molecule is CN1C(=O)CCC(N2C(=O)c3cccc(NI)c3C2=O)C1=O. The highest BCUT2D eigenvalue weighted by Gasteiger charge is 2.46. The van der Waals surface area contributed by atoms with E-state index in [1.165, 1.54) is 7.05 Å². The van der Waals surface area contributed by atoms with Crippen molar-refractivity contribution in [3.05, 3.63) is 29.3 Å². The first-order chi connectivity index (χ1) is 10.5. The molecule has 1 saturated heterocycles. The summed E-state index contributed by atoms with van der Waals surface area (Å²) in [5.41, 5.74) is 1.08. The lowest BCUT2D eigenvalue weighted by Gasteiger charge is -2.32. The highest BCUT2D eigenvalue weighted by molar-refractivity contribution is 14.1. The van der Waals surface area contributed by atoms with Crippen LogP contribution in [0.2, 0.25) is 0 Å². The molecule has 7 nitrogen and oxygen atoms in total. The first-order valence-electron chi connectivity index (χ1n) is 6.65. The van der Waals surface area contributed by atoms with Crippen LogP contribution >= 0.6 is 22.9 Å². The summed E-state index contributed by atoms with van der Waals surface area (Å²) in [6.45, 7) is 0. The predicted octanol–water partition coefficient (Wildman–Crippen LogP) is 1.19. The molecule has 2 aliphatic heterocycles. The number of hydrogen-bond donors (Lipinski definition) is 1. The zero-order valence-electron chi connectivity index (χ0n) is 11.6. The Bertz CT molecular complexity index is 718. The molecule has 1 atom stereocenters. The average molecular weight is 413 g/mol. The van der Waals surface area contributed by atoms with Crippen LogP contribution in [0.15, 0.2) is 18.2 Å². The quantitative estimate of drug-likeness (QED) is 0.447. The molecule has 1 aromatic carbocycles. The third kappa shape index (κ3) is 2.01. The van der Waals surface area contributed by atoms with Crippen molar-refractivity contribution in [1.29, 1.82) is 0 Å². The monoisotopic (exact) mass is 413 g/mol. The lowest BCUT2D eigenvalue weighted by atomic mass is 10.0. The van der Waals surface area contributed by atoms with Gasteiger partial charge in [0.05, 0.1) is 39.7 Å². The minimum atomic E-state index is -0.919. The maximum atomic E-state index is 12.6. The number of amides is 4. The van der Waals surface area contributed by atoms with E-state index in [0.29, 0.717) is 5.69 Å². The van der Waals surface area contributed by atoms with E-state index in [0.717, 1.165) is 9.80 Å². The molecule has 3 rings (SSSR count). The number of fused-ring (bicyclic) bond motifs is 1. The molecule has 0 radical (unpaired) electrons. The summed E-state index contributed by atoms with van der Waals surface area (Å²) < 4.78 is 2.85. The van der Waals surface area contributed by atoms with E-state index in [1.54, 1.807) is 18.2 Å². The maximum absolute atomic E-state index is 12.6. The first-order valence-corrected chi connectivity index (χ1v) is 7.73.